The van der Waals surface area contributed by atoms with E-state index in [1.54, 1.807) is 19.1 Å². The second kappa shape index (κ2) is 5.40. The fourth-order valence-corrected chi connectivity index (χ4v) is 3.90. The molecule has 1 aromatic carbocycles. The van der Waals surface area contributed by atoms with Crippen LogP contribution < -0.4 is 15.4 Å². The summed E-state index contributed by atoms with van der Waals surface area (Å²) in [5.74, 6) is -0.408. The first-order chi connectivity index (χ1) is 9.97. The van der Waals surface area contributed by atoms with Crippen molar-refractivity contribution in [3.05, 3.63) is 23.8 Å². The number of carbonyl (C=O) groups is 1. The highest BCUT2D eigenvalue weighted by atomic mass is 32.2. The normalized spacial score (nSPS) is 24.9. The molecule has 6 nitrogen and oxygen atoms in total. The summed E-state index contributed by atoms with van der Waals surface area (Å²) in [6.45, 7) is 3.11. The van der Waals surface area contributed by atoms with Crippen molar-refractivity contribution in [3.63, 3.8) is 0 Å². The molecule has 2 unspecified atom stereocenters. The van der Waals surface area contributed by atoms with Gasteiger partial charge in [0, 0.05) is 18.3 Å². The number of rotatable bonds is 4. The van der Waals surface area contributed by atoms with E-state index < -0.39 is 10.0 Å². The molecule has 2 heterocycles. The molecule has 0 radical (unpaired) electrons. The number of benzene rings is 1. The summed E-state index contributed by atoms with van der Waals surface area (Å²) in [4.78, 5) is 11.8. The zero-order chi connectivity index (χ0) is 15.0. The van der Waals surface area contributed by atoms with Gasteiger partial charge in [-0.2, -0.15) is 0 Å². The van der Waals surface area contributed by atoms with E-state index in [4.69, 9.17) is 0 Å². The Balaban J connectivity index is 1.78. The average Bonchev–Trinajstić information content (AvgIpc) is 3.06. The molecule has 0 spiro atoms. The predicted molar refractivity (Wildman–Crippen MR) is 79.7 cm³/mol. The highest BCUT2D eigenvalue weighted by molar-refractivity contribution is 7.89. The van der Waals surface area contributed by atoms with Gasteiger partial charge in [-0.1, -0.05) is 0 Å². The van der Waals surface area contributed by atoms with Crippen LogP contribution in [-0.4, -0.2) is 33.5 Å². The van der Waals surface area contributed by atoms with Crippen LogP contribution in [0.5, 0.6) is 0 Å². The van der Waals surface area contributed by atoms with Crippen LogP contribution in [0.25, 0.3) is 0 Å². The fourth-order valence-electron chi connectivity index (χ4n) is 2.79. The van der Waals surface area contributed by atoms with Gasteiger partial charge in [-0.05, 0) is 50.1 Å². The zero-order valence-corrected chi connectivity index (χ0v) is 12.7. The first-order valence-corrected chi connectivity index (χ1v) is 8.63. The van der Waals surface area contributed by atoms with E-state index in [-0.39, 0.29) is 22.8 Å². The van der Waals surface area contributed by atoms with Crippen LogP contribution in [0, 0.1) is 0 Å². The van der Waals surface area contributed by atoms with E-state index in [2.05, 4.69) is 15.4 Å². The Morgan fingerprint density at radius 3 is 2.90 bits per heavy atom. The molecule has 0 aliphatic carbocycles. The van der Waals surface area contributed by atoms with E-state index in [1.807, 2.05) is 0 Å². The smallest absolute Gasteiger partial charge is 0.240 e. The molecule has 0 aromatic heterocycles. The first kappa shape index (κ1) is 14.5. The van der Waals surface area contributed by atoms with Crippen LogP contribution in [0.1, 0.15) is 31.2 Å². The maximum absolute atomic E-state index is 12.3. The summed E-state index contributed by atoms with van der Waals surface area (Å²) in [6, 6.07) is 4.97. The molecule has 0 bridgehead atoms. The fraction of sp³-hybridized carbons (Fsp3) is 0.500. The lowest BCUT2D eigenvalue weighted by molar-refractivity contribution is -0.116. The van der Waals surface area contributed by atoms with Crippen molar-refractivity contribution in [2.24, 2.45) is 0 Å². The Labute approximate surface area is 124 Å². The molecular formula is C14H19N3O3S. The molecule has 3 rings (SSSR count). The highest BCUT2D eigenvalue weighted by Gasteiger charge is 2.28. The molecule has 2 atom stereocenters. The van der Waals surface area contributed by atoms with Gasteiger partial charge in [-0.3, -0.25) is 4.79 Å². The summed E-state index contributed by atoms with van der Waals surface area (Å²) in [7, 11) is -3.54. The topological polar surface area (TPSA) is 87.3 Å². The third-order valence-electron chi connectivity index (χ3n) is 4.13. The summed E-state index contributed by atoms with van der Waals surface area (Å²) >= 11 is 0. The summed E-state index contributed by atoms with van der Waals surface area (Å²) in [5, 5.41) is 5.99. The van der Waals surface area contributed by atoms with Crippen molar-refractivity contribution in [1.29, 1.82) is 0 Å². The van der Waals surface area contributed by atoms with Crippen LogP contribution in [0.15, 0.2) is 23.1 Å². The van der Waals surface area contributed by atoms with Crippen LogP contribution in [0.2, 0.25) is 0 Å². The van der Waals surface area contributed by atoms with Crippen molar-refractivity contribution in [3.8, 4) is 0 Å². The summed E-state index contributed by atoms with van der Waals surface area (Å²) in [5.41, 5.74) is 1.44. The van der Waals surface area contributed by atoms with E-state index in [1.165, 1.54) is 6.07 Å². The lowest BCUT2D eigenvalue weighted by Crippen LogP contribution is -2.37. The molecule has 1 fully saturated rings. The minimum Gasteiger partial charge on any atom is -0.325 e. The van der Waals surface area contributed by atoms with Gasteiger partial charge in [-0.15, -0.1) is 0 Å². The Morgan fingerprint density at radius 1 is 1.38 bits per heavy atom. The molecule has 7 heteroatoms. The SMILES string of the molecule is CC1C(=O)Nc2ccc(S(=O)(=O)NCC3CCCN3)cc21. The van der Waals surface area contributed by atoms with Gasteiger partial charge in [0.1, 0.15) is 0 Å². The number of anilines is 1. The van der Waals surface area contributed by atoms with E-state index in [0.717, 1.165) is 24.9 Å². The van der Waals surface area contributed by atoms with Crippen molar-refractivity contribution in [2.45, 2.75) is 36.6 Å². The number of fused-ring (bicyclic) bond motifs is 1. The minimum absolute atomic E-state index is 0.0948. The maximum Gasteiger partial charge on any atom is 0.240 e. The quantitative estimate of drug-likeness (QED) is 0.767. The molecule has 21 heavy (non-hydrogen) atoms. The first-order valence-electron chi connectivity index (χ1n) is 7.15. The van der Waals surface area contributed by atoms with Crippen molar-refractivity contribution < 1.29 is 13.2 Å². The Morgan fingerprint density at radius 2 is 2.19 bits per heavy atom. The lowest BCUT2D eigenvalue weighted by Gasteiger charge is -2.13. The van der Waals surface area contributed by atoms with Gasteiger partial charge in [0.05, 0.1) is 10.8 Å². The van der Waals surface area contributed by atoms with E-state index >= 15 is 0 Å². The van der Waals surface area contributed by atoms with Crippen molar-refractivity contribution >= 4 is 21.6 Å². The number of hydrogen-bond donors (Lipinski definition) is 3. The van der Waals surface area contributed by atoms with Gasteiger partial charge in [-0.25, -0.2) is 13.1 Å². The molecule has 1 amide bonds. The van der Waals surface area contributed by atoms with Gasteiger partial charge in [0.15, 0.2) is 0 Å². The third-order valence-corrected chi connectivity index (χ3v) is 5.55. The molecule has 114 valence electrons. The van der Waals surface area contributed by atoms with Gasteiger partial charge in [0.2, 0.25) is 15.9 Å². The van der Waals surface area contributed by atoms with Gasteiger partial charge in [0.25, 0.3) is 0 Å². The molecule has 2 aliphatic heterocycles. The monoisotopic (exact) mass is 309 g/mol. The standard InChI is InChI=1S/C14H19N3O3S/c1-9-12-7-11(4-5-13(12)17-14(9)18)21(19,20)16-8-10-3-2-6-15-10/h4-5,7,9-10,15-16H,2-3,6,8H2,1H3,(H,17,18). The van der Waals surface area contributed by atoms with Gasteiger partial charge >= 0.3 is 0 Å². The second-order valence-electron chi connectivity index (χ2n) is 5.61. The summed E-state index contributed by atoms with van der Waals surface area (Å²) < 4.78 is 27.3. The van der Waals surface area contributed by atoms with Crippen molar-refractivity contribution in [2.75, 3.05) is 18.4 Å². The molecule has 1 aromatic rings. The number of amides is 1. The number of nitrogens with one attached hydrogen (secondary N) is 3. The molecule has 2 aliphatic rings. The Bertz CT molecular complexity index is 666. The zero-order valence-electron chi connectivity index (χ0n) is 11.8. The number of sulfonamides is 1. The van der Waals surface area contributed by atoms with Crippen LogP contribution in [0.3, 0.4) is 0 Å². The minimum atomic E-state index is -3.54. The van der Waals surface area contributed by atoms with Crippen LogP contribution in [-0.2, 0) is 14.8 Å². The number of hydrogen-bond acceptors (Lipinski definition) is 4. The molecule has 0 saturated carbocycles. The Kier molecular flexibility index (Phi) is 3.73. The van der Waals surface area contributed by atoms with E-state index in [0.29, 0.717) is 12.2 Å². The van der Waals surface area contributed by atoms with E-state index in [9.17, 15) is 13.2 Å². The summed E-state index contributed by atoms with van der Waals surface area (Å²) in [6.07, 6.45) is 2.07. The predicted octanol–water partition coefficient (Wildman–Crippen LogP) is 0.772. The third kappa shape index (κ3) is 2.81. The van der Waals surface area contributed by atoms with Gasteiger partial charge < -0.3 is 10.6 Å². The number of carbonyl (C=O) groups excluding carboxylic acids is 1. The highest BCUT2D eigenvalue weighted by Crippen LogP contribution is 2.33. The molecule has 3 N–H and O–H groups in total. The average molecular weight is 309 g/mol. The Hall–Kier alpha value is -1.44. The van der Waals surface area contributed by atoms with Crippen LogP contribution >= 0.6 is 0 Å². The lowest BCUT2D eigenvalue weighted by atomic mass is 10.0. The molecule has 1 saturated heterocycles. The maximum atomic E-state index is 12.3. The van der Waals surface area contributed by atoms with Crippen LogP contribution in [0.4, 0.5) is 5.69 Å². The second-order valence-corrected chi connectivity index (χ2v) is 7.37. The van der Waals surface area contributed by atoms with Crippen molar-refractivity contribution in [1.82, 2.24) is 10.0 Å². The largest absolute Gasteiger partial charge is 0.325 e. The molecular weight excluding hydrogens is 290 g/mol.